The molecule has 2 heterocycles. The third kappa shape index (κ3) is 2.46. The number of H-pyrrole nitrogens is 1. The molecule has 0 aliphatic heterocycles. The Bertz CT molecular complexity index is 342. The van der Waals surface area contributed by atoms with Crippen LogP contribution in [-0.2, 0) is 0 Å². The van der Waals surface area contributed by atoms with Crippen molar-refractivity contribution in [3.05, 3.63) is 40.3 Å². The highest BCUT2D eigenvalue weighted by atomic mass is 32.1. The van der Waals surface area contributed by atoms with Crippen LogP contribution < -0.4 is 5.32 Å². The Morgan fingerprint density at radius 2 is 2.27 bits per heavy atom. The van der Waals surface area contributed by atoms with Gasteiger partial charge in [-0.2, -0.15) is 5.10 Å². The van der Waals surface area contributed by atoms with Crippen LogP contribution in [0.25, 0.3) is 0 Å². The highest BCUT2D eigenvalue weighted by molar-refractivity contribution is 7.10. The molecule has 0 bridgehead atoms. The molecule has 3 nitrogen and oxygen atoms in total. The molecule has 2 rings (SSSR count). The zero-order valence-corrected chi connectivity index (χ0v) is 9.71. The van der Waals surface area contributed by atoms with Gasteiger partial charge in [-0.3, -0.25) is 5.10 Å². The molecule has 0 spiro atoms. The lowest BCUT2D eigenvalue weighted by molar-refractivity contribution is 0.500. The highest BCUT2D eigenvalue weighted by Gasteiger charge is 2.11. The predicted octanol–water partition coefficient (Wildman–Crippen LogP) is 2.88. The monoisotopic (exact) mass is 221 g/mol. The maximum absolute atomic E-state index is 3.95. The van der Waals surface area contributed by atoms with Gasteiger partial charge in [0.2, 0.25) is 0 Å². The number of aromatic nitrogens is 2. The fraction of sp³-hybridized carbons (Fsp3) is 0.364. The van der Waals surface area contributed by atoms with Crippen LogP contribution in [0.2, 0.25) is 0 Å². The number of nitrogens with zero attached hydrogens (tertiary/aromatic N) is 1. The number of rotatable bonds is 4. The number of nitrogens with one attached hydrogen (secondary N) is 2. The van der Waals surface area contributed by atoms with Crippen LogP contribution in [0.1, 0.15) is 36.4 Å². The molecule has 0 amide bonds. The van der Waals surface area contributed by atoms with Gasteiger partial charge >= 0.3 is 0 Å². The third-order valence-electron chi connectivity index (χ3n) is 2.49. The Hall–Kier alpha value is -1.13. The quantitative estimate of drug-likeness (QED) is 0.833. The van der Waals surface area contributed by atoms with Gasteiger partial charge in [0.1, 0.15) is 0 Å². The van der Waals surface area contributed by atoms with E-state index in [9.17, 15) is 0 Å². The summed E-state index contributed by atoms with van der Waals surface area (Å²) in [4.78, 5) is 1.37. The summed E-state index contributed by atoms with van der Waals surface area (Å²) >= 11 is 1.78. The van der Waals surface area contributed by atoms with Crippen molar-refractivity contribution in [3.63, 3.8) is 0 Å². The minimum atomic E-state index is 0.320. The summed E-state index contributed by atoms with van der Waals surface area (Å²) in [5, 5.41) is 12.4. The lowest BCUT2D eigenvalue weighted by Gasteiger charge is -2.17. The van der Waals surface area contributed by atoms with Crippen LogP contribution in [0, 0.1) is 0 Å². The fourth-order valence-corrected chi connectivity index (χ4v) is 2.33. The van der Waals surface area contributed by atoms with Crippen molar-refractivity contribution >= 4 is 11.3 Å². The molecule has 2 aromatic heterocycles. The van der Waals surface area contributed by atoms with Gasteiger partial charge in [0, 0.05) is 28.7 Å². The first-order chi connectivity index (χ1) is 7.27. The van der Waals surface area contributed by atoms with Crippen molar-refractivity contribution < 1.29 is 0 Å². The summed E-state index contributed by atoms with van der Waals surface area (Å²) in [5.74, 6) is 0. The van der Waals surface area contributed by atoms with Crippen molar-refractivity contribution in [1.82, 2.24) is 15.5 Å². The maximum atomic E-state index is 3.95. The van der Waals surface area contributed by atoms with Gasteiger partial charge in [0.05, 0.1) is 6.20 Å². The van der Waals surface area contributed by atoms with Crippen LogP contribution in [0.3, 0.4) is 0 Å². The second-order valence-corrected chi connectivity index (χ2v) is 4.64. The molecule has 0 aliphatic carbocycles. The smallest absolute Gasteiger partial charge is 0.0534 e. The molecule has 2 N–H and O–H groups in total. The summed E-state index contributed by atoms with van der Waals surface area (Å²) in [6.45, 7) is 4.33. The molecule has 0 aromatic carbocycles. The molecule has 4 heteroatoms. The van der Waals surface area contributed by atoms with Gasteiger partial charge in [-0.25, -0.2) is 0 Å². The van der Waals surface area contributed by atoms with Crippen LogP contribution in [0.5, 0.6) is 0 Å². The summed E-state index contributed by atoms with van der Waals surface area (Å²) < 4.78 is 0. The van der Waals surface area contributed by atoms with E-state index < -0.39 is 0 Å². The number of hydrogen-bond acceptors (Lipinski definition) is 3. The number of thiophene rings is 1. The summed E-state index contributed by atoms with van der Waals surface area (Å²) in [7, 11) is 0. The first-order valence-corrected chi connectivity index (χ1v) is 5.93. The van der Waals surface area contributed by atoms with E-state index in [1.165, 1.54) is 10.4 Å². The van der Waals surface area contributed by atoms with Gasteiger partial charge < -0.3 is 5.32 Å². The van der Waals surface area contributed by atoms with E-state index in [-0.39, 0.29) is 0 Å². The second-order valence-electron chi connectivity index (χ2n) is 3.66. The van der Waals surface area contributed by atoms with Crippen molar-refractivity contribution in [2.75, 3.05) is 0 Å². The van der Waals surface area contributed by atoms with E-state index in [2.05, 4.69) is 46.9 Å². The molecule has 2 unspecified atom stereocenters. The van der Waals surface area contributed by atoms with Crippen LogP contribution in [-0.4, -0.2) is 10.2 Å². The van der Waals surface area contributed by atoms with Crippen LogP contribution in [0.15, 0.2) is 29.9 Å². The summed E-state index contributed by atoms with van der Waals surface area (Å²) in [6, 6.07) is 4.95. The summed E-state index contributed by atoms with van der Waals surface area (Å²) in [5.41, 5.74) is 1.19. The topological polar surface area (TPSA) is 40.7 Å². The molecule has 0 radical (unpaired) electrons. The Labute approximate surface area is 93.5 Å². The fourth-order valence-electron chi connectivity index (χ4n) is 1.59. The molecule has 0 saturated carbocycles. The van der Waals surface area contributed by atoms with Crippen molar-refractivity contribution in [3.8, 4) is 0 Å². The third-order valence-corrected chi connectivity index (χ3v) is 3.54. The molecule has 0 fully saturated rings. The maximum Gasteiger partial charge on any atom is 0.0534 e. The van der Waals surface area contributed by atoms with E-state index in [0.29, 0.717) is 12.1 Å². The lowest BCUT2D eigenvalue weighted by atomic mass is 10.1. The number of aromatic amines is 1. The molecule has 0 aliphatic rings. The largest absolute Gasteiger partial charge is 0.303 e. The first-order valence-electron chi connectivity index (χ1n) is 5.05. The molecule has 0 saturated heterocycles. The van der Waals surface area contributed by atoms with Crippen molar-refractivity contribution in [2.45, 2.75) is 25.9 Å². The van der Waals surface area contributed by atoms with Crippen LogP contribution >= 0.6 is 11.3 Å². The highest BCUT2D eigenvalue weighted by Crippen LogP contribution is 2.21. The van der Waals surface area contributed by atoms with Crippen molar-refractivity contribution in [2.24, 2.45) is 0 Å². The summed E-state index contributed by atoms with van der Waals surface area (Å²) in [6.07, 6.45) is 3.79. The SMILES string of the molecule is CC(NC(C)c1cccs1)c1cn[nH]c1. The van der Waals surface area contributed by atoms with Gasteiger partial charge in [0.25, 0.3) is 0 Å². The van der Waals surface area contributed by atoms with Gasteiger partial charge in [-0.15, -0.1) is 11.3 Å². The Morgan fingerprint density at radius 3 is 2.87 bits per heavy atom. The minimum absolute atomic E-state index is 0.320. The van der Waals surface area contributed by atoms with Gasteiger partial charge in [0.15, 0.2) is 0 Å². The molecule has 15 heavy (non-hydrogen) atoms. The Balaban J connectivity index is 1.98. The van der Waals surface area contributed by atoms with E-state index in [0.717, 1.165) is 0 Å². The zero-order valence-electron chi connectivity index (χ0n) is 8.90. The van der Waals surface area contributed by atoms with E-state index in [1.54, 1.807) is 11.3 Å². The molecular formula is C11H15N3S. The minimum Gasteiger partial charge on any atom is -0.303 e. The normalized spacial score (nSPS) is 15.1. The first kappa shape index (κ1) is 10.4. The number of hydrogen-bond donors (Lipinski definition) is 2. The lowest BCUT2D eigenvalue weighted by Crippen LogP contribution is -2.21. The average molecular weight is 221 g/mol. The van der Waals surface area contributed by atoms with Gasteiger partial charge in [-0.1, -0.05) is 6.07 Å². The van der Waals surface area contributed by atoms with E-state index >= 15 is 0 Å². The van der Waals surface area contributed by atoms with E-state index in [1.807, 2.05) is 12.4 Å². The molecule has 80 valence electrons. The second kappa shape index (κ2) is 4.59. The average Bonchev–Trinajstić information content (AvgIpc) is 2.91. The predicted molar refractivity (Wildman–Crippen MR) is 62.9 cm³/mol. The van der Waals surface area contributed by atoms with Gasteiger partial charge in [-0.05, 0) is 25.3 Å². The zero-order chi connectivity index (χ0) is 10.7. The standard InChI is InChI=1S/C11H15N3S/c1-8(10-6-12-13-7-10)14-9(2)11-4-3-5-15-11/h3-9,14H,1-2H3,(H,12,13). The Morgan fingerprint density at radius 1 is 1.40 bits per heavy atom. The van der Waals surface area contributed by atoms with E-state index in [4.69, 9.17) is 0 Å². The van der Waals surface area contributed by atoms with Crippen LogP contribution in [0.4, 0.5) is 0 Å². The molecule has 2 atom stereocenters. The van der Waals surface area contributed by atoms with Crippen molar-refractivity contribution in [1.29, 1.82) is 0 Å². The Kier molecular flexibility index (Phi) is 3.18. The molecular weight excluding hydrogens is 206 g/mol. The molecule has 2 aromatic rings.